The number of hydrogen-bond acceptors (Lipinski definition) is 4. The molecule has 1 unspecified atom stereocenters. The van der Waals surface area contributed by atoms with Gasteiger partial charge >= 0.3 is 0 Å². The predicted molar refractivity (Wildman–Crippen MR) is 87.3 cm³/mol. The van der Waals surface area contributed by atoms with E-state index in [2.05, 4.69) is 27.8 Å². The van der Waals surface area contributed by atoms with Crippen molar-refractivity contribution >= 4 is 6.01 Å². The van der Waals surface area contributed by atoms with Crippen LogP contribution in [-0.4, -0.2) is 55.8 Å². The van der Waals surface area contributed by atoms with E-state index < -0.39 is 0 Å². The Morgan fingerprint density at radius 3 is 2.67 bits per heavy atom. The van der Waals surface area contributed by atoms with E-state index in [-0.39, 0.29) is 0 Å². The molecule has 0 aromatic carbocycles. The minimum Gasteiger partial charge on any atom is -0.379 e. The van der Waals surface area contributed by atoms with Crippen molar-refractivity contribution in [2.45, 2.75) is 70.4 Å². The number of aliphatic imine (C=N–C) groups is 2. The summed E-state index contributed by atoms with van der Waals surface area (Å²) in [6.07, 6.45) is 10.2. The fourth-order valence-electron chi connectivity index (χ4n) is 3.25. The normalized spacial score (nSPS) is 22.5. The van der Waals surface area contributed by atoms with Crippen molar-refractivity contribution < 1.29 is 4.74 Å². The van der Waals surface area contributed by atoms with E-state index in [4.69, 9.17) is 4.74 Å². The van der Waals surface area contributed by atoms with E-state index in [0.717, 1.165) is 32.8 Å². The maximum Gasteiger partial charge on any atom is 0.0896 e. The van der Waals surface area contributed by atoms with Crippen molar-refractivity contribution in [1.82, 2.24) is 4.90 Å². The first-order chi connectivity index (χ1) is 10.4. The topological polar surface area (TPSA) is 37.2 Å². The second-order valence-electron chi connectivity index (χ2n) is 6.31. The third-order valence-corrected chi connectivity index (χ3v) is 4.64. The SMILES string of the molecule is CCCCC(CN=C=NC1CCCCC1)N1CCOCC1. The van der Waals surface area contributed by atoms with Crippen LogP contribution in [0.5, 0.6) is 0 Å². The summed E-state index contributed by atoms with van der Waals surface area (Å²) in [5.74, 6) is 0. The zero-order valence-electron chi connectivity index (χ0n) is 13.6. The smallest absolute Gasteiger partial charge is 0.0896 e. The van der Waals surface area contributed by atoms with Gasteiger partial charge in [0.1, 0.15) is 0 Å². The lowest BCUT2D eigenvalue weighted by atomic mass is 9.96. The van der Waals surface area contributed by atoms with Gasteiger partial charge in [0.25, 0.3) is 0 Å². The van der Waals surface area contributed by atoms with Gasteiger partial charge in [-0.15, -0.1) is 0 Å². The van der Waals surface area contributed by atoms with Crippen molar-refractivity contribution in [2.24, 2.45) is 9.98 Å². The minimum atomic E-state index is 0.486. The highest BCUT2D eigenvalue weighted by atomic mass is 16.5. The molecule has 0 bridgehead atoms. The Morgan fingerprint density at radius 1 is 1.19 bits per heavy atom. The summed E-state index contributed by atoms with van der Waals surface area (Å²) in [7, 11) is 0. The van der Waals surface area contributed by atoms with E-state index in [0.29, 0.717) is 12.1 Å². The van der Waals surface area contributed by atoms with Crippen molar-refractivity contribution in [3.63, 3.8) is 0 Å². The second-order valence-corrected chi connectivity index (χ2v) is 6.31. The van der Waals surface area contributed by atoms with Crippen LogP contribution in [0, 0.1) is 0 Å². The molecule has 0 radical (unpaired) electrons. The van der Waals surface area contributed by atoms with E-state index in [1.165, 1.54) is 51.4 Å². The molecule has 2 rings (SSSR count). The molecular formula is C17H31N3O. The lowest BCUT2D eigenvalue weighted by Crippen LogP contribution is -2.44. The Kier molecular flexibility index (Phi) is 8.01. The van der Waals surface area contributed by atoms with Crippen LogP contribution in [0.3, 0.4) is 0 Å². The summed E-state index contributed by atoms with van der Waals surface area (Å²) >= 11 is 0. The van der Waals surface area contributed by atoms with Gasteiger partial charge in [-0.05, 0) is 19.3 Å². The monoisotopic (exact) mass is 293 g/mol. The van der Waals surface area contributed by atoms with Crippen LogP contribution in [-0.2, 0) is 4.74 Å². The first-order valence-corrected chi connectivity index (χ1v) is 8.83. The number of ether oxygens (including phenoxy) is 1. The molecule has 0 spiro atoms. The summed E-state index contributed by atoms with van der Waals surface area (Å²) in [6.45, 7) is 6.92. The third kappa shape index (κ3) is 6.29. The maximum atomic E-state index is 5.45. The molecule has 1 aliphatic carbocycles. The van der Waals surface area contributed by atoms with E-state index in [1.807, 2.05) is 0 Å². The van der Waals surface area contributed by atoms with Gasteiger partial charge in [0, 0.05) is 19.1 Å². The quantitative estimate of drug-likeness (QED) is 0.675. The Balaban J connectivity index is 1.80. The highest BCUT2D eigenvalue weighted by Gasteiger charge is 2.20. The number of rotatable bonds is 7. The molecule has 0 amide bonds. The number of nitrogens with zero attached hydrogens (tertiary/aromatic N) is 3. The standard InChI is InChI=1S/C17H31N3O/c1-2-3-9-17(20-10-12-21-13-11-20)14-18-15-19-16-7-5-4-6-8-16/h16-17H,2-14H2,1H3. The highest BCUT2D eigenvalue weighted by Crippen LogP contribution is 2.19. The molecule has 4 nitrogen and oxygen atoms in total. The van der Waals surface area contributed by atoms with Gasteiger partial charge in [-0.2, -0.15) is 0 Å². The van der Waals surface area contributed by atoms with Gasteiger partial charge in [0.2, 0.25) is 0 Å². The van der Waals surface area contributed by atoms with E-state index in [9.17, 15) is 0 Å². The van der Waals surface area contributed by atoms with Gasteiger partial charge < -0.3 is 4.74 Å². The van der Waals surface area contributed by atoms with Gasteiger partial charge in [-0.3, -0.25) is 4.90 Å². The molecule has 1 saturated carbocycles. The maximum absolute atomic E-state index is 5.45. The molecule has 21 heavy (non-hydrogen) atoms. The summed E-state index contributed by atoms with van der Waals surface area (Å²) in [5, 5.41) is 0. The molecule has 1 aliphatic heterocycles. The van der Waals surface area contributed by atoms with E-state index in [1.54, 1.807) is 0 Å². The molecule has 0 aromatic heterocycles. The number of morpholine rings is 1. The first kappa shape index (κ1) is 16.7. The zero-order valence-corrected chi connectivity index (χ0v) is 13.6. The van der Waals surface area contributed by atoms with Crippen LogP contribution in [0.4, 0.5) is 0 Å². The molecule has 1 saturated heterocycles. The molecule has 1 atom stereocenters. The molecule has 0 N–H and O–H groups in total. The van der Waals surface area contributed by atoms with Crippen LogP contribution in [0.2, 0.25) is 0 Å². The highest BCUT2D eigenvalue weighted by molar-refractivity contribution is 5.41. The van der Waals surface area contributed by atoms with Crippen molar-refractivity contribution in [1.29, 1.82) is 0 Å². The average Bonchev–Trinajstić information content (AvgIpc) is 2.56. The number of unbranched alkanes of at least 4 members (excludes halogenated alkanes) is 1. The fraction of sp³-hybridized carbons (Fsp3) is 0.941. The molecule has 0 aromatic rings. The molecule has 2 aliphatic rings. The van der Waals surface area contributed by atoms with Crippen molar-refractivity contribution in [2.75, 3.05) is 32.8 Å². The summed E-state index contributed by atoms with van der Waals surface area (Å²) in [5.41, 5.74) is 0. The summed E-state index contributed by atoms with van der Waals surface area (Å²) < 4.78 is 5.45. The van der Waals surface area contributed by atoms with Gasteiger partial charge in [-0.25, -0.2) is 9.98 Å². The summed E-state index contributed by atoms with van der Waals surface area (Å²) in [6, 6.07) is 4.02. The van der Waals surface area contributed by atoms with Crippen LogP contribution in [0.25, 0.3) is 0 Å². The Morgan fingerprint density at radius 2 is 1.95 bits per heavy atom. The van der Waals surface area contributed by atoms with Crippen LogP contribution >= 0.6 is 0 Å². The lowest BCUT2D eigenvalue weighted by Gasteiger charge is -2.33. The summed E-state index contributed by atoms with van der Waals surface area (Å²) in [4.78, 5) is 11.5. The Hall–Kier alpha value is -0.700. The van der Waals surface area contributed by atoms with Gasteiger partial charge in [0.15, 0.2) is 0 Å². The molecule has 2 fully saturated rings. The molecule has 1 heterocycles. The van der Waals surface area contributed by atoms with Crippen molar-refractivity contribution in [3.05, 3.63) is 0 Å². The Labute approximate surface area is 129 Å². The predicted octanol–water partition coefficient (Wildman–Crippen LogP) is 3.38. The Bertz CT molecular complexity index is 327. The van der Waals surface area contributed by atoms with Gasteiger partial charge in [0.05, 0.1) is 31.8 Å². The largest absolute Gasteiger partial charge is 0.379 e. The zero-order chi connectivity index (χ0) is 14.8. The van der Waals surface area contributed by atoms with Crippen molar-refractivity contribution in [3.8, 4) is 0 Å². The minimum absolute atomic E-state index is 0.486. The lowest BCUT2D eigenvalue weighted by molar-refractivity contribution is 0.0164. The van der Waals surface area contributed by atoms with Crippen LogP contribution in [0.1, 0.15) is 58.3 Å². The average molecular weight is 293 g/mol. The fourth-order valence-corrected chi connectivity index (χ4v) is 3.25. The third-order valence-electron chi connectivity index (χ3n) is 4.64. The molecule has 4 heteroatoms. The van der Waals surface area contributed by atoms with Crippen LogP contribution in [0.15, 0.2) is 9.98 Å². The number of hydrogen-bond donors (Lipinski definition) is 0. The van der Waals surface area contributed by atoms with E-state index >= 15 is 0 Å². The van der Waals surface area contributed by atoms with Gasteiger partial charge in [-0.1, -0.05) is 39.0 Å². The molecule has 120 valence electrons. The molecular weight excluding hydrogens is 262 g/mol. The first-order valence-electron chi connectivity index (χ1n) is 8.83. The van der Waals surface area contributed by atoms with Crippen LogP contribution < -0.4 is 0 Å². The second kappa shape index (κ2) is 10.1.